The first-order chi connectivity index (χ1) is 6.43. The van der Waals surface area contributed by atoms with Crippen LogP contribution in [0.15, 0.2) is 0 Å². The summed E-state index contributed by atoms with van der Waals surface area (Å²) in [6.07, 6.45) is 6.45. The minimum absolute atomic E-state index is 0.758. The first-order valence-electron chi connectivity index (χ1n) is 5.49. The molecular formula is C10H22N2O. The van der Waals surface area contributed by atoms with Crippen LogP contribution < -0.4 is 5.43 Å². The Morgan fingerprint density at radius 2 is 2.23 bits per heavy atom. The minimum atomic E-state index is 0.758. The van der Waals surface area contributed by atoms with Crippen molar-refractivity contribution in [3.63, 3.8) is 0 Å². The number of ether oxygens (including phenoxy) is 1. The van der Waals surface area contributed by atoms with Gasteiger partial charge in [-0.15, -0.1) is 0 Å². The van der Waals surface area contributed by atoms with E-state index in [1.165, 1.54) is 25.7 Å². The summed E-state index contributed by atoms with van der Waals surface area (Å²) in [4.78, 5) is 0. The van der Waals surface area contributed by atoms with Crippen molar-refractivity contribution in [2.45, 2.75) is 39.0 Å². The van der Waals surface area contributed by atoms with Gasteiger partial charge in [0.25, 0.3) is 0 Å². The topological polar surface area (TPSA) is 24.5 Å². The van der Waals surface area contributed by atoms with Crippen molar-refractivity contribution in [1.29, 1.82) is 0 Å². The summed E-state index contributed by atoms with van der Waals surface area (Å²) in [5, 5.41) is 2.18. The number of hydrogen-bond acceptors (Lipinski definition) is 3. The number of hydrogen-bond donors (Lipinski definition) is 1. The first kappa shape index (κ1) is 11.0. The molecule has 0 atom stereocenters. The van der Waals surface area contributed by atoms with E-state index in [2.05, 4.69) is 17.4 Å². The second kappa shape index (κ2) is 7.30. The van der Waals surface area contributed by atoms with Crippen LogP contribution in [-0.4, -0.2) is 31.4 Å². The molecule has 0 aromatic carbocycles. The maximum atomic E-state index is 5.32. The monoisotopic (exact) mass is 186 g/mol. The van der Waals surface area contributed by atoms with Gasteiger partial charge in [0.05, 0.1) is 0 Å². The fourth-order valence-electron chi connectivity index (χ4n) is 1.51. The molecule has 78 valence electrons. The van der Waals surface area contributed by atoms with Crippen molar-refractivity contribution >= 4 is 0 Å². The summed E-state index contributed by atoms with van der Waals surface area (Å²) in [5.41, 5.74) is 3.39. The highest BCUT2D eigenvalue weighted by Crippen LogP contribution is 2.00. The minimum Gasteiger partial charge on any atom is -0.365 e. The van der Waals surface area contributed by atoms with E-state index in [0.717, 1.165) is 32.8 Å². The number of rotatable bonds is 6. The Morgan fingerprint density at radius 3 is 2.92 bits per heavy atom. The molecule has 0 amide bonds. The lowest BCUT2D eigenvalue weighted by atomic mass is 10.2. The van der Waals surface area contributed by atoms with Gasteiger partial charge in [0.15, 0.2) is 0 Å². The zero-order chi connectivity index (χ0) is 9.36. The predicted molar refractivity (Wildman–Crippen MR) is 54.3 cm³/mol. The molecule has 1 saturated heterocycles. The number of nitrogens with one attached hydrogen (secondary N) is 1. The molecule has 0 saturated carbocycles. The molecule has 0 aromatic heterocycles. The average Bonchev–Trinajstić information content (AvgIpc) is 2.19. The molecule has 0 spiro atoms. The molecule has 1 aliphatic heterocycles. The highest BCUT2D eigenvalue weighted by molar-refractivity contribution is 4.53. The fraction of sp³-hybridized carbons (Fsp3) is 1.00. The molecule has 1 N–H and O–H groups in total. The molecule has 3 heteroatoms. The van der Waals surface area contributed by atoms with E-state index >= 15 is 0 Å². The summed E-state index contributed by atoms with van der Waals surface area (Å²) >= 11 is 0. The van der Waals surface area contributed by atoms with Crippen LogP contribution in [0.4, 0.5) is 0 Å². The molecule has 1 aliphatic rings. The summed E-state index contributed by atoms with van der Waals surface area (Å²) in [5.74, 6) is 0. The summed E-state index contributed by atoms with van der Waals surface area (Å²) in [6.45, 7) is 6.16. The smallest absolute Gasteiger partial charge is 0.112 e. The zero-order valence-electron chi connectivity index (χ0n) is 8.72. The Labute approximate surface area is 81.4 Å². The van der Waals surface area contributed by atoms with Gasteiger partial charge in [0.2, 0.25) is 0 Å². The summed E-state index contributed by atoms with van der Waals surface area (Å²) in [6, 6.07) is 0. The van der Waals surface area contributed by atoms with Gasteiger partial charge in [0.1, 0.15) is 6.73 Å². The Balaban J connectivity index is 1.86. The van der Waals surface area contributed by atoms with Crippen molar-refractivity contribution in [3.8, 4) is 0 Å². The van der Waals surface area contributed by atoms with E-state index in [1.807, 2.05) is 0 Å². The summed E-state index contributed by atoms with van der Waals surface area (Å²) in [7, 11) is 0. The second-order valence-corrected chi connectivity index (χ2v) is 3.62. The molecular weight excluding hydrogens is 164 g/mol. The van der Waals surface area contributed by atoms with E-state index in [1.54, 1.807) is 0 Å². The molecule has 0 radical (unpaired) electrons. The van der Waals surface area contributed by atoms with Gasteiger partial charge in [-0.2, -0.15) is 0 Å². The predicted octanol–water partition coefficient (Wildman–Crippen LogP) is 1.75. The van der Waals surface area contributed by atoms with Crippen LogP contribution in [0.3, 0.4) is 0 Å². The maximum absolute atomic E-state index is 5.32. The van der Waals surface area contributed by atoms with Crippen molar-refractivity contribution in [2.24, 2.45) is 0 Å². The molecule has 0 aromatic rings. The average molecular weight is 186 g/mol. The third-order valence-corrected chi connectivity index (χ3v) is 2.33. The molecule has 0 bridgehead atoms. The number of unbranched alkanes of at least 4 members (excludes halogenated alkanes) is 3. The van der Waals surface area contributed by atoms with Gasteiger partial charge in [0, 0.05) is 19.7 Å². The van der Waals surface area contributed by atoms with E-state index in [9.17, 15) is 0 Å². The Morgan fingerprint density at radius 1 is 1.31 bits per heavy atom. The Hall–Kier alpha value is -0.120. The molecule has 1 rings (SSSR count). The maximum Gasteiger partial charge on any atom is 0.112 e. The lowest BCUT2D eigenvalue weighted by molar-refractivity contribution is -0.0414. The van der Waals surface area contributed by atoms with Crippen molar-refractivity contribution < 1.29 is 4.74 Å². The Bertz CT molecular complexity index is 113. The van der Waals surface area contributed by atoms with E-state index < -0.39 is 0 Å². The normalized spacial score (nSPS) is 19.2. The molecule has 1 fully saturated rings. The van der Waals surface area contributed by atoms with Gasteiger partial charge in [-0.1, -0.05) is 26.2 Å². The van der Waals surface area contributed by atoms with E-state index in [0.29, 0.717) is 0 Å². The van der Waals surface area contributed by atoms with Gasteiger partial charge in [-0.05, 0) is 12.8 Å². The van der Waals surface area contributed by atoms with Crippen LogP contribution in [0.2, 0.25) is 0 Å². The Kier molecular flexibility index (Phi) is 6.15. The molecule has 1 heterocycles. The standard InChI is InChI=1S/C10H22N2O/c1-2-3-4-5-7-11-12-8-6-9-13-10-12/h11H,2-10H2,1H3. The highest BCUT2D eigenvalue weighted by atomic mass is 16.5. The fourth-order valence-corrected chi connectivity index (χ4v) is 1.51. The van der Waals surface area contributed by atoms with Crippen molar-refractivity contribution in [2.75, 3.05) is 26.4 Å². The third kappa shape index (κ3) is 5.24. The second-order valence-electron chi connectivity index (χ2n) is 3.62. The van der Waals surface area contributed by atoms with Crippen molar-refractivity contribution in [1.82, 2.24) is 10.4 Å². The zero-order valence-corrected chi connectivity index (χ0v) is 8.72. The van der Waals surface area contributed by atoms with Crippen LogP contribution in [0.1, 0.15) is 39.0 Å². The third-order valence-electron chi connectivity index (χ3n) is 2.33. The van der Waals surface area contributed by atoms with Crippen LogP contribution in [-0.2, 0) is 4.74 Å². The SMILES string of the molecule is CCCCCCNN1CCCOC1. The largest absolute Gasteiger partial charge is 0.365 e. The first-order valence-corrected chi connectivity index (χ1v) is 5.49. The number of hydrazine groups is 1. The van der Waals surface area contributed by atoms with Gasteiger partial charge in [-0.3, -0.25) is 5.43 Å². The quantitative estimate of drug-likeness (QED) is 0.640. The molecule has 0 aliphatic carbocycles. The van der Waals surface area contributed by atoms with Gasteiger partial charge in [-0.25, -0.2) is 5.01 Å². The lowest BCUT2D eigenvalue weighted by Gasteiger charge is -2.27. The number of nitrogens with zero attached hydrogens (tertiary/aromatic N) is 1. The highest BCUT2D eigenvalue weighted by Gasteiger charge is 2.08. The summed E-state index contributed by atoms with van der Waals surface area (Å²) < 4.78 is 5.32. The van der Waals surface area contributed by atoms with Crippen molar-refractivity contribution in [3.05, 3.63) is 0 Å². The van der Waals surface area contributed by atoms with Gasteiger partial charge >= 0.3 is 0 Å². The van der Waals surface area contributed by atoms with Gasteiger partial charge < -0.3 is 4.74 Å². The molecule has 0 unspecified atom stereocenters. The van der Waals surface area contributed by atoms with Crippen LogP contribution in [0.25, 0.3) is 0 Å². The molecule has 13 heavy (non-hydrogen) atoms. The van der Waals surface area contributed by atoms with Crippen LogP contribution >= 0.6 is 0 Å². The van der Waals surface area contributed by atoms with Crippen LogP contribution in [0, 0.1) is 0 Å². The van der Waals surface area contributed by atoms with Crippen LogP contribution in [0.5, 0.6) is 0 Å². The lowest BCUT2D eigenvalue weighted by Crippen LogP contribution is -2.43. The molecule has 3 nitrogen and oxygen atoms in total. The van der Waals surface area contributed by atoms with E-state index in [-0.39, 0.29) is 0 Å². The van der Waals surface area contributed by atoms with E-state index in [4.69, 9.17) is 4.74 Å².